The van der Waals surface area contributed by atoms with E-state index < -0.39 is 21.1 Å². The first-order valence-corrected chi connectivity index (χ1v) is 18.0. The van der Waals surface area contributed by atoms with E-state index in [2.05, 4.69) is 147 Å². The molecule has 0 saturated carbocycles. The zero-order valence-corrected chi connectivity index (χ0v) is 24.9. The van der Waals surface area contributed by atoms with Crippen molar-refractivity contribution < 1.29 is 26.8 Å². The van der Waals surface area contributed by atoms with Gasteiger partial charge in [0.05, 0.1) is 0 Å². The Morgan fingerprint density at radius 2 is 0.872 bits per heavy atom. The van der Waals surface area contributed by atoms with Crippen LogP contribution in [0.2, 0.25) is 0 Å². The molecule has 6 rings (SSSR count). The summed E-state index contributed by atoms with van der Waals surface area (Å²) in [6.45, 7) is 4.42. The summed E-state index contributed by atoms with van der Waals surface area (Å²) in [7, 11) is 0. The van der Waals surface area contributed by atoms with Gasteiger partial charge in [-0.2, -0.15) is 0 Å². The molecule has 4 aromatic rings. The van der Waals surface area contributed by atoms with Crippen molar-refractivity contribution >= 4 is 0 Å². The first-order valence-electron chi connectivity index (χ1n) is 13.6. The Balaban J connectivity index is 1.56. The fraction of sp³-hybridized carbons (Fsp3) is 0.111. The second kappa shape index (κ2) is 11.2. The fourth-order valence-electron chi connectivity index (χ4n) is 5.60. The van der Waals surface area contributed by atoms with E-state index in [-0.39, 0.29) is 0 Å². The topological polar surface area (TPSA) is 18.5 Å². The average molecular weight is 588 g/mol. The molecule has 0 bridgehead atoms. The summed E-state index contributed by atoms with van der Waals surface area (Å²) in [5.74, 6) is 1.77. The van der Waals surface area contributed by atoms with Gasteiger partial charge >= 0.3 is 238 Å². The van der Waals surface area contributed by atoms with Crippen molar-refractivity contribution in [2.75, 3.05) is 0 Å². The van der Waals surface area contributed by atoms with E-state index in [1.54, 1.807) is 0 Å². The van der Waals surface area contributed by atoms with Gasteiger partial charge in [0.1, 0.15) is 0 Å². The summed E-state index contributed by atoms with van der Waals surface area (Å²) in [4.78, 5) is 0. The number of benzene rings is 4. The summed E-state index contributed by atoms with van der Waals surface area (Å²) in [6, 6.07) is 37.8. The molecule has 2 aliphatic rings. The summed E-state index contributed by atoms with van der Waals surface area (Å²) in [5, 5.41) is 0. The van der Waals surface area contributed by atoms with Crippen LogP contribution < -0.4 is 5.63 Å². The molecule has 0 amide bonds. The molecule has 0 N–H and O–H groups in total. The minimum atomic E-state index is -4.32. The summed E-state index contributed by atoms with van der Waals surface area (Å²) in [5.41, 5.74) is 7.01. The summed E-state index contributed by atoms with van der Waals surface area (Å²) < 4.78 is 17.6. The molecule has 0 saturated heterocycles. The minimum absolute atomic E-state index is 0.861. The van der Waals surface area contributed by atoms with Crippen molar-refractivity contribution in [2.45, 2.75) is 26.7 Å². The van der Waals surface area contributed by atoms with Gasteiger partial charge in [0.15, 0.2) is 0 Å². The van der Waals surface area contributed by atoms with Crippen molar-refractivity contribution in [1.29, 1.82) is 0 Å². The molecular formula is C36H32O2Zr. The molecule has 0 spiro atoms. The number of hydrogen-bond acceptors (Lipinski definition) is 2. The van der Waals surface area contributed by atoms with Crippen LogP contribution >= 0.6 is 0 Å². The predicted octanol–water partition coefficient (Wildman–Crippen LogP) is 9.93. The van der Waals surface area contributed by atoms with Crippen molar-refractivity contribution in [3.8, 4) is 33.8 Å². The SMILES string of the molecule is CC1=[C]([Zr]([O]c2ccccc2-c2ccccc2)([O]c2ccccc2-c2ccccc2)[C]2=C(C)C=CC2)CC=C1. The molecule has 39 heavy (non-hydrogen) atoms. The van der Waals surface area contributed by atoms with Gasteiger partial charge in [-0.1, -0.05) is 0 Å². The first kappa shape index (κ1) is 25.6. The summed E-state index contributed by atoms with van der Waals surface area (Å²) >= 11 is -4.32. The van der Waals surface area contributed by atoms with Crippen LogP contribution in [0.1, 0.15) is 26.7 Å². The van der Waals surface area contributed by atoms with Crippen LogP contribution in [0.3, 0.4) is 0 Å². The molecule has 0 radical (unpaired) electrons. The van der Waals surface area contributed by atoms with Gasteiger partial charge < -0.3 is 0 Å². The molecule has 4 aromatic carbocycles. The molecule has 0 heterocycles. The quantitative estimate of drug-likeness (QED) is 0.204. The van der Waals surface area contributed by atoms with Gasteiger partial charge in [-0.3, -0.25) is 0 Å². The van der Waals surface area contributed by atoms with Gasteiger partial charge in [-0.15, -0.1) is 0 Å². The predicted molar refractivity (Wildman–Crippen MR) is 158 cm³/mol. The first-order chi connectivity index (χ1) is 19.2. The van der Waals surface area contributed by atoms with Gasteiger partial charge in [0.25, 0.3) is 0 Å². The number of rotatable bonds is 8. The number of para-hydroxylation sites is 2. The summed E-state index contributed by atoms with van der Waals surface area (Å²) in [6.07, 6.45) is 10.7. The Morgan fingerprint density at radius 1 is 0.487 bits per heavy atom. The van der Waals surface area contributed by atoms with E-state index in [4.69, 9.17) is 5.63 Å². The standard InChI is InChI=1S/2C12H10O.2C6H7.Zr/c2*13-12-9-5-4-8-11(12)10-6-2-1-3-7-10;2*1-6-4-2-3-5-6;/h2*1-9,13H;2*2,4H,3H2,1H3;/q;;;;+2/p-2. The van der Waals surface area contributed by atoms with Crippen LogP contribution in [0.5, 0.6) is 11.5 Å². The Morgan fingerprint density at radius 3 is 1.26 bits per heavy atom. The van der Waals surface area contributed by atoms with Crippen LogP contribution in [0, 0.1) is 0 Å². The van der Waals surface area contributed by atoms with Crippen molar-refractivity contribution in [3.05, 3.63) is 151 Å². The van der Waals surface area contributed by atoms with Gasteiger partial charge in [-0.05, 0) is 0 Å². The van der Waals surface area contributed by atoms with Crippen molar-refractivity contribution in [2.24, 2.45) is 0 Å². The van der Waals surface area contributed by atoms with E-state index >= 15 is 0 Å². The van der Waals surface area contributed by atoms with Crippen molar-refractivity contribution in [3.63, 3.8) is 0 Å². The molecule has 0 aliphatic heterocycles. The van der Waals surface area contributed by atoms with Crippen LogP contribution in [-0.4, -0.2) is 0 Å². The fourth-order valence-corrected chi connectivity index (χ4v) is 15.1. The molecule has 0 atom stereocenters. The molecule has 192 valence electrons. The van der Waals surface area contributed by atoms with E-state index in [9.17, 15) is 0 Å². The Hall–Kier alpha value is -3.68. The van der Waals surface area contributed by atoms with E-state index in [1.165, 1.54) is 17.7 Å². The van der Waals surface area contributed by atoms with Crippen LogP contribution in [0.15, 0.2) is 151 Å². The molecule has 0 unspecified atom stereocenters. The third-order valence-electron chi connectivity index (χ3n) is 7.58. The van der Waals surface area contributed by atoms with Gasteiger partial charge in [0, 0.05) is 0 Å². The second-order valence-corrected chi connectivity index (χ2v) is 17.1. The molecule has 2 aliphatic carbocycles. The normalized spacial score (nSPS) is 14.8. The third kappa shape index (κ3) is 5.04. The maximum absolute atomic E-state index is 7.48. The second-order valence-electron chi connectivity index (χ2n) is 10.1. The monoisotopic (exact) mass is 586 g/mol. The third-order valence-corrected chi connectivity index (χ3v) is 16.9. The number of hydrogen-bond donors (Lipinski definition) is 0. The average Bonchev–Trinajstić information content (AvgIpc) is 3.62. The maximum atomic E-state index is 7.48. The van der Waals surface area contributed by atoms with E-state index in [1.807, 2.05) is 0 Å². The molecule has 2 nitrogen and oxygen atoms in total. The number of allylic oxidation sites excluding steroid dienone is 8. The van der Waals surface area contributed by atoms with E-state index in [0.717, 1.165) is 46.6 Å². The van der Waals surface area contributed by atoms with Gasteiger partial charge in [-0.25, -0.2) is 0 Å². The molecule has 0 fully saturated rings. The Kier molecular flexibility index (Phi) is 7.35. The molecule has 0 aromatic heterocycles. The molecule has 3 heteroatoms. The Bertz CT molecular complexity index is 1490. The zero-order chi connectivity index (χ0) is 26.7. The van der Waals surface area contributed by atoms with Crippen LogP contribution in [0.25, 0.3) is 22.3 Å². The molecular weight excluding hydrogens is 556 g/mol. The van der Waals surface area contributed by atoms with Crippen LogP contribution in [-0.2, 0) is 21.1 Å². The van der Waals surface area contributed by atoms with E-state index in [0.29, 0.717) is 0 Å². The van der Waals surface area contributed by atoms with Gasteiger partial charge in [0.2, 0.25) is 0 Å². The van der Waals surface area contributed by atoms with Crippen molar-refractivity contribution in [1.82, 2.24) is 0 Å². The van der Waals surface area contributed by atoms with Crippen LogP contribution in [0.4, 0.5) is 0 Å². The Labute approximate surface area is 237 Å². The zero-order valence-electron chi connectivity index (χ0n) is 22.4.